The predicted molar refractivity (Wildman–Crippen MR) is 59.2 cm³/mol. The molecule has 0 aliphatic carbocycles. The molecule has 0 aromatic carbocycles. The summed E-state index contributed by atoms with van der Waals surface area (Å²) in [5, 5.41) is 8.75. The zero-order chi connectivity index (χ0) is 11.5. The third-order valence-electron chi connectivity index (χ3n) is 2.28. The van der Waals surface area contributed by atoms with Gasteiger partial charge in [-0.1, -0.05) is 39.5 Å². The second-order valence-electron chi connectivity index (χ2n) is 3.66. The molecular formula is C12H21NO2. The zero-order valence-corrected chi connectivity index (χ0v) is 9.79. The summed E-state index contributed by atoms with van der Waals surface area (Å²) in [7, 11) is 0. The van der Waals surface area contributed by atoms with Crippen LogP contribution in [0.2, 0.25) is 0 Å². The third-order valence-corrected chi connectivity index (χ3v) is 2.28. The van der Waals surface area contributed by atoms with Crippen LogP contribution in [-0.2, 0) is 9.53 Å². The van der Waals surface area contributed by atoms with Gasteiger partial charge in [0.1, 0.15) is 6.07 Å². The van der Waals surface area contributed by atoms with Gasteiger partial charge in [-0.3, -0.25) is 4.79 Å². The molecule has 1 atom stereocenters. The molecule has 3 nitrogen and oxygen atoms in total. The SMILES string of the molecule is CCCCCCC[C@@H](C#N)OC(=O)CC. The van der Waals surface area contributed by atoms with Crippen LogP contribution in [0.1, 0.15) is 58.8 Å². The molecule has 0 saturated heterocycles. The first-order chi connectivity index (χ1) is 7.24. The Balaban J connectivity index is 3.54. The minimum Gasteiger partial charge on any atom is -0.447 e. The van der Waals surface area contributed by atoms with E-state index in [2.05, 4.69) is 6.92 Å². The molecule has 0 aliphatic rings. The van der Waals surface area contributed by atoms with Crippen molar-refractivity contribution >= 4 is 5.97 Å². The molecule has 0 heterocycles. The van der Waals surface area contributed by atoms with Crippen LogP contribution in [0, 0.1) is 11.3 Å². The standard InChI is InChI=1S/C12H21NO2/c1-3-5-6-7-8-9-11(10-13)15-12(14)4-2/h11H,3-9H2,1-2H3/t11-/m0/s1. The van der Waals surface area contributed by atoms with E-state index in [4.69, 9.17) is 10.00 Å². The van der Waals surface area contributed by atoms with E-state index in [0.717, 1.165) is 12.8 Å². The van der Waals surface area contributed by atoms with Gasteiger partial charge in [-0.25, -0.2) is 0 Å². The first-order valence-electron chi connectivity index (χ1n) is 5.83. The van der Waals surface area contributed by atoms with Gasteiger partial charge in [-0.05, 0) is 12.8 Å². The van der Waals surface area contributed by atoms with Crippen LogP contribution in [0.15, 0.2) is 0 Å². The van der Waals surface area contributed by atoms with Crippen LogP contribution in [0.25, 0.3) is 0 Å². The fourth-order valence-corrected chi connectivity index (χ4v) is 1.33. The highest BCUT2D eigenvalue weighted by molar-refractivity contribution is 5.69. The van der Waals surface area contributed by atoms with Crippen molar-refractivity contribution in [2.24, 2.45) is 0 Å². The molecule has 0 spiro atoms. The molecule has 86 valence electrons. The fraction of sp³-hybridized carbons (Fsp3) is 0.833. The van der Waals surface area contributed by atoms with Crippen LogP contribution >= 0.6 is 0 Å². The summed E-state index contributed by atoms with van der Waals surface area (Å²) < 4.78 is 4.96. The van der Waals surface area contributed by atoms with Gasteiger partial charge in [-0.15, -0.1) is 0 Å². The van der Waals surface area contributed by atoms with E-state index in [1.54, 1.807) is 6.92 Å². The minimum atomic E-state index is -0.543. The predicted octanol–water partition coefficient (Wildman–Crippen LogP) is 3.19. The van der Waals surface area contributed by atoms with Crippen molar-refractivity contribution < 1.29 is 9.53 Å². The Morgan fingerprint density at radius 1 is 1.27 bits per heavy atom. The van der Waals surface area contributed by atoms with E-state index in [0.29, 0.717) is 12.8 Å². The van der Waals surface area contributed by atoms with Crippen molar-refractivity contribution in [2.75, 3.05) is 0 Å². The maximum Gasteiger partial charge on any atom is 0.306 e. The maximum absolute atomic E-state index is 10.9. The molecular weight excluding hydrogens is 190 g/mol. The lowest BCUT2D eigenvalue weighted by Crippen LogP contribution is -2.15. The first-order valence-corrected chi connectivity index (χ1v) is 5.83. The van der Waals surface area contributed by atoms with Crippen LogP contribution in [0.5, 0.6) is 0 Å². The summed E-state index contributed by atoms with van der Waals surface area (Å²) in [4.78, 5) is 10.9. The summed E-state index contributed by atoms with van der Waals surface area (Å²) in [6.45, 7) is 3.90. The zero-order valence-electron chi connectivity index (χ0n) is 9.79. The van der Waals surface area contributed by atoms with Gasteiger partial charge in [-0.2, -0.15) is 5.26 Å². The fourth-order valence-electron chi connectivity index (χ4n) is 1.33. The molecule has 0 rings (SSSR count). The van der Waals surface area contributed by atoms with Gasteiger partial charge in [0.05, 0.1) is 0 Å². The maximum atomic E-state index is 10.9. The Morgan fingerprint density at radius 2 is 1.93 bits per heavy atom. The lowest BCUT2D eigenvalue weighted by molar-refractivity contribution is -0.146. The van der Waals surface area contributed by atoms with E-state index >= 15 is 0 Å². The van der Waals surface area contributed by atoms with E-state index < -0.39 is 6.10 Å². The number of nitriles is 1. The van der Waals surface area contributed by atoms with Crippen LogP contribution < -0.4 is 0 Å². The molecule has 15 heavy (non-hydrogen) atoms. The van der Waals surface area contributed by atoms with Crippen molar-refractivity contribution in [3.8, 4) is 6.07 Å². The summed E-state index contributed by atoms with van der Waals surface area (Å²) in [5.41, 5.74) is 0. The number of ether oxygens (including phenoxy) is 1. The van der Waals surface area contributed by atoms with Crippen molar-refractivity contribution in [1.82, 2.24) is 0 Å². The number of rotatable bonds is 8. The van der Waals surface area contributed by atoms with Crippen LogP contribution in [0.4, 0.5) is 0 Å². The molecule has 0 aromatic heterocycles. The molecule has 0 bridgehead atoms. The lowest BCUT2D eigenvalue weighted by Gasteiger charge is -2.09. The molecule has 0 aliphatic heterocycles. The van der Waals surface area contributed by atoms with Gasteiger partial charge in [0.2, 0.25) is 0 Å². The smallest absolute Gasteiger partial charge is 0.306 e. The summed E-state index contributed by atoms with van der Waals surface area (Å²) in [6.07, 6.45) is 6.22. The third kappa shape index (κ3) is 7.99. The largest absolute Gasteiger partial charge is 0.447 e. The first kappa shape index (κ1) is 14.0. The van der Waals surface area contributed by atoms with Crippen molar-refractivity contribution in [3.05, 3.63) is 0 Å². The van der Waals surface area contributed by atoms with E-state index in [1.807, 2.05) is 6.07 Å². The Morgan fingerprint density at radius 3 is 2.47 bits per heavy atom. The lowest BCUT2D eigenvalue weighted by atomic mass is 10.1. The van der Waals surface area contributed by atoms with Crippen LogP contribution in [0.3, 0.4) is 0 Å². The molecule has 0 N–H and O–H groups in total. The Hall–Kier alpha value is -1.04. The van der Waals surface area contributed by atoms with Gasteiger partial charge in [0, 0.05) is 6.42 Å². The van der Waals surface area contributed by atoms with Crippen LogP contribution in [-0.4, -0.2) is 12.1 Å². The average molecular weight is 211 g/mol. The van der Waals surface area contributed by atoms with Gasteiger partial charge < -0.3 is 4.74 Å². The van der Waals surface area contributed by atoms with Crippen molar-refractivity contribution in [2.45, 2.75) is 64.9 Å². The number of carbonyl (C=O) groups excluding carboxylic acids is 1. The topological polar surface area (TPSA) is 50.1 Å². The van der Waals surface area contributed by atoms with E-state index in [-0.39, 0.29) is 5.97 Å². The molecule has 0 unspecified atom stereocenters. The highest BCUT2D eigenvalue weighted by atomic mass is 16.5. The summed E-state index contributed by atoms with van der Waals surface area (Å²) in [5.74, 6) is -0.282. The normalized spacial score (nSPS) is 11.8. The highest BCUT2D eigenvalue weighted by Gasteiger charge is 2.11. The highest BCUT2D eigenvalue weighted by Crippen LogP contribution is 2.09. The Kier molecular flexibility index (Phi) is 8.85. The van der Waals surface area contributed by atoms with Crippen molar-refractivity contribution in [3.63, 3.8) is 0 Å². The number of esters is 1. The molecule has 3 heteroatoms. The molecule has 0 saturated carbocycles. The van der Waals surface area contributed by atoms with E-state index in [1.165, 1.54) is 19.3 Å². The average Bonchev–Trinajstić information content (AvgIpc) is 2.26. The monoisotopic (exact) mass is 211 g/mol. The van der Waals surface area contributed by atoms with Crippen molar-refractivity contribution in [1.29, 1.82) is 5.26 Å². The Labute approximate surface area is 92.4 Å². The molecule has 0 radical (unpaired) electrons. The molecule has 0 aromatic rings. The van der Waals surface area contributed by atoms with E-state index in [9.17, 15) is 4.79 Å². The van der Waals surface area contributed by atoms with Gasteiger partial charge >= 0.3 is 5.97 Å². The summed E-state index contributed by atoms with van der Waals surface area (Å²) >= 11 is 0. The molecule has 0 fully saturated rings. The van der Waals surface area contributed by atoms with Gasteiger partial charge in [0.15, 0.2) is 6.10 Å². The number of unbranched alkanes of at least 4 members (excludes halogenated alkanes) is 4. The quantitative estimate of drug-likeness (QED) is 0.457. The van der Waals surface area contributed by atoms with Gasteiger partial charge in [0.25, 0.3) is 0 Å². The number of hydrogen-bond acceptors (Lipinski definition) is 3. The Bertz CT molecular complexity index is 208. The second kappa shape index (κ2) is 9.51. The second-order valence-corrected chi connectivity index (χ2v) is 3.66. The summed E-state index contributed by atoms with van der Waals surface area (Å²) in [6, 6.07) is 2.02. The number of carbonyl (C=O) groups is 1. The number of nitrogens with zero attached hydrogens (tertiary/aromatic N) is 1. The molecule has 0 amide bonds. The minimum absolute atomic E-state index is 0.282. The number of hydrogen-bond donors (Lipinski definition) is 0.